The van der Waals surface area contributed by atoms with E-state index in [1.54, 1.807) is 12.1 Å². The van der Waals surface area contributed by atoms with Crippen LogP contribution in [0.25, 0.3) is 0 Å². The highest BCUT2D eigenvalue weighted by molar-refractivity contribution is 5.57. The zero-order valence-corrected chi connectivity index (χ0v) is 16.1. The minimum absolute atomic E-state index is 0.217. The molecular weight excluding hydrogens is 367 g/mol. The molecule has 1 saturated heterocycles. The average Bonchev–Trinajstić information content (AvgIpc) is 2.75. The predicted molar refractivity (Wildman–Crippen MR) is 112 cm³/mol. The lowest BCUT2D eigenvalue weighted by molar-refractivity contribution is 0.624. The molecule has 4 rings (SSSR count). The van der Waals surface area contributed by atoms with Crippen LogP contribution in [0.5, 0.6) is 0 Å². The summed E-state index contributed by atoms with van der Waals surface area (Å²) in [6.45, 7) is 5.28. The zero-order valence-electron chi connectivity index (χ0n) is 16.1. The van der Waals surface area contributed by atoms with Gasteiger partial charge in [0.2, 0.25) is 5.95 Å². The number of benzene rings is 2. The van der Waals surface area contributed by atoms with Gasteiger partial charge in [-0.25, -0.2) is 9.37 Å². The standard InChI is InChI=1S/C22H21FN6/c1-16-14-21(27-22(25-16)26-19-6-2-17(15-24)3-7-19)29-12-10-28(11-13-29)20-8-4-18(23)5-9-20/h2-9,14H,10-13H2,1H3,(H,25,26,27). The Bertz CT molecular complexity index is 1020. The number of nitrogens with one attached hydrogen (secondary N) is 1. The molecule has 1 N–H and O–H groups in total. The van der Waals surface area contributed by atoms with Crippen LogP contribution in [0.1, 0.15) is 11.3 Å². The molecule has 29 heavy (non-hydrogen) atoms. The van der Waals surface area contributed by atoms with Crippen molar-refractivity contribution in [3.8, 4) is 6.07 Å². The first-order chi connectivity index (χ1) is 14.1. The van der Waals surface area contributed by atoms with E-state index in [-0.39, 0.29) is 5.82 Å². The van der Waals surface area contributed by atoms with Crippen LogP contribution in [-0.4, -0.2) is 36.1 Å². The second-order valence-corrected chi connectivity index (χ2v) is 6.96. The zero-order chi connectivity index (χ0) is 20.2. The summed E-state index contributed by atoms with van der Waals surface area (Å²) in [5, 5.41) is 12.1. The third-order valence-electron chi connectivity index (χ3n) is 4.91. The lowest BCUT2D eigenvalue weighted by atomic mass is 10.2. The largest absolute Gasteiger partial charge is 0.368 e. The van der Waals surface area contributed by atoms with E-state index in [2.05, 4.69) is 31.2 Å². The monoisotopic (exact) mass is 388 g/mol. The van der Waals surface area contributed by atoms with Crippen molar-refractivity contribution in [3.63, 3.8) is 0 Å². The SMILES string of the molecule is Cc1cc(N2CCN(c3ccc(F)cc3)CC2)nc(Nc2ccc(C#N)cc2)n1. The van der Waals surface area contributed by atoms with Crippen molar-refractivity contribution in [2.75, 3.05) is 41.3 Å². The van der Waals surface area contributed by atoms with E-state index in [1.165, 1.54) is 12.1 Å². The molecule has 1 aliphatic heterocycles. The van der Waals surface area contributed by atoms with Gasteiger partial charge in [-0.1, -0.05) is 0 Å². The van der Waals surface area contributed by atoms with Gasteiger partial charge < -0.3 is 15.1 Å². The topological polar surface area (TPSA) is 68.1 Å². The highest BCUT2D eigenvalue weighted by Gasteiger charge is 2.19. The van der Waals surface area contributed by atoms with E-state index in [0.29, 0.717) is 11.5 Å². The number of aromatic nitrogens is 2. The third-order valence-corrected chi connectivity index (χ3v) is 4.91. The van der Waals surface area contributed by atoms with Crippen molar-refractivity contribution in [1.82, 2.24) is 9.97 Å². The molecule has 0 atom stereocenters. The number of aryl methyl sites for hydroxylation is 1. The van der Waals surface area contributed by atoms with E-state index < -0.39 is 0 Å². The maximum absolute atomic E-state index is 13.1. The molecule has 0 unspecified atom stereocenters. The molecule has 0 spiro atoms. The second-order valence-electron chi connectivity index (χ2n) is 6.96. The Balaban J connectivity index is 1.45. The average molecular weight is 388 g/mol. The van der Waals surface area contributed by atoms with Gasteiger partial charge in [-0.3, -0.25) is 0 Å². The van der Waals surface area contributed by atoms with Crippen molar-refractivity contribution < 1.29 is 4.39 Å². The third kappa shape index (κ3) is 4.43. The molecule has 3 aromatic rings. The Morgan fingerprint density at radius 1 is 0.931 bits per heavy atom. The fourth-order valence-electron chi connectivity index (χ4n) is 3.37. The molecule has 1 fully saturated rings. The molecule has 2 heterocycles. The van der Waals surface area contributed by atoms with Gasteiger partial charge in [0.15, 0.2) is 0 Å². The normalized spacial score (nSPS) is 13.8. The van der Waals surface area contributed by atoms with Crippen LogP contribution in [0, 0.1) is 24.1 Å². The maximum Gasteiger partial charge on any atom is 0.229 e. The minimum Gasteiger partial charge on any atom is -0.368 e. The van der Waals surface area contributed by atoms with E-state index in [9.17, 15) is 4.39 Å². The van der Waals surface area contributed by atoms with Crippen LogP contribution >= 0.6 is 0 Å². The highest BCUT2D eigenvalue weighted by atomic mass is 19.1. The molecule has 0 radical (unpaired) electrons. The number of piperazine rings is 1. The van der Waals surface area contributed by atoms with Crippen LogP contribution in [0.4, 0.5) is 27.5 Å². The quantitative estimate of drug-likeness (QED) is 0.732. The molecule has 0 amide bonds. The number of anilines is 4. The summed E-state index contributed by atoms with van der Waals surface area (Å²) in [6, 6.07) is 17.9. The number of nitrogens with zero attached hydrogens (tertiary/aromatic N) is 5. The Labute approximate surface area is 169 Å². The van der Waals surface area contributed by atoms with Gasteiger partial charge >= 0.3 is 0 Å². The summed E-state index contributed by atoms with van der Waals surface area (Å²) in [5.74, 6) is 1.20. The maximum atomic E-state index is 13.1. The Morgan fingerprint density at radius 3 is 2.24 bits per heavy atom. The van der Waals surface area contributed by atoms with Crippen LogP contribution < -0.4 is 15.1 Å². The molecule has 0 saturated carbocycles. The minimum atomic E-state index is -0.217. The van der Waals surface area contributed by atoms with Gasteiger partial charge in [0.05, 0.1) is 11.6 Å². The molecule has 1 aromatic heterocycles. The van der Waals surface area contributed by atoms with E-state index in [1.807, 2.05) is 37.3 Å². The van der Waals surface area contributed by atoms with E-state index in [4.69, 9.17) is 5.26 Å². The van der Waals surface area contributed by atoms with Gasteiger partial charge in [-0.05, 0) is 55.5 Å². The van der Waals surface area contributed by atoms with Crippen molar-refractivity contribution >= 4 is 23.1 Å². The first-order valence-corrected chi connectivity index (χ1v) is 9.49. The molecule has 1 aliphatic rings. The molecule has 0 bridgehead atoms. The number of hydrogen-bond donors (Lipinski definition) is 1. The summed E-state index contributed by atoms with van der Waals surface area (Å²) in [5.41, 5.74) is 3.36. The second kappa shape index (κ2) is 8.15. The summed E-state index contributed by atoms with van der Waals surface area (Å²) < 4.78 is 13.1. The summed E-state index contributed by atoms with van der Waals surface area (Å²) in [7, 11) is 0. The van der Waals surface area contributed by atoms with Crippen LogP contribution in [0.15, 0.2) is 54.6 Å². The highest BCUT2D eigenvalue weighted by Crippen LogP contribution is 2.22. The predicted octanol–water partition coefficient (Wildman–Crippen LogP) is 3.87. The van der Waals surface area contributed by atoms with Crippen LogP contribution in [0.3, 0.4) is 0 Å². The van der Waals surface area contributed by atoms with Gasteiger partial charge in [0.1, 0.15) is 11.6 Å². The van der Waals surface area contributed by atoms with Gasteiger partial charge in [-0.2, -0.15) is 10.2 Å². The Kier molecular flexibility index (Phi) is 5.25. The molecule has 0 aliphatic carbocycles. The van der Waals surface area contributed by atoms with Crippen molar-refractivity contribution in [1.29, 1.82) is 5.26 Å². The first kappa shape index (κ1) is 18.7. The van der Waals surface area contributed by atoms with E-state index >= 15 is 0 Å². The number of nitriles is 1. The lowest BCUT2D eigenvalue weighted by Crippen LogP contribution is -2.46. The van der Waals surface area contributed by atoms with Crippen molar-refractivity contribution in [2.45, 2.75) is 6.92 Å². The fourth-order valence-corrected chi connectivity index (χ4v) is 3.37. The van der Waals surface area contributed by atoms with Crippen molar-refractivity contribution in [3.05, 3.63) is 71.7 Å². The Hall–Kier alpha value is -3.66. The molecular formula is C22H21FN6. The number of rotatable bonds is 4. The van der Waals surface area contributed by atoms with Gasteiger partial charge in [0, 0.05) is 49.3 Å². The summed E-state index contributed by atoms with van der Waals surface area (Å²) in [4.78, 5) is 13.6. The molecule has 6 nitrogen and oxygen atoms in total. The smallest absolute Gasteiger partial charge is 0.229 e. The molecule has 7 heteroatoms. The van der Waals surface area contributed by atoms with Gasteiger partial charge in [0.25, 0.3) is 0 Å². The number of halogens is 1. The number of hydrogen-bond acceptors (Lipinski definition) is 6. The van der Waals surface area contributed by atoms with Gasteiger partial charge in [-0.15, -0.1) is 0 Å². The lowest BCUT2D eigenvalue weighted by Gasteiger charge is -2.36. The molecule has 146 valence electrons. The fraction of sp³-hybridized carbons (Fsp3) is 0.227. The summed E-state index contributed by atoms with van der Waals surface area (Å²) >= 11 is 0. The molecule has 2 aromatic carbocycles. The van der Waals surface area contributed by atoms with Crippen molar-refractivity contribution in [2.24, 2.45) is 0 Å². The van der Waals surface area contributed by atoms with Crippen LogP contribution in [-0.2, 0) is 0 Å². The van der Waals surface area contributed by atoms with Crippen LogP contribution in [0.2, 0.25) is 0 Å². The first-order valence-electron chi connectivity index (χ1n) is 9.49. The summed E-state index contributed by atoms with van der Waals surface area (Å²) in [6.07, 6.45) is 0. The van der Waals surface area contributed by atoms with E-state index in [0.717, 1.165) is 49.1 Å². The Morgan fingerprint density at radius 2 is 1.59 bits per heavy atom.